The monoisotopic (exact) mass is 226 g/mol. The molecule has 0 amide bonds. The smallest absolute Gasteiger partial charge is 0.0702 e. The summed E-state index contributed by atoms with van der Waals surface area (Å²) < 4.78 is 1.20. The average Bonchev–Trinajstić information content (AvgIpc) is 2.64. The maximum absolute atomic E-state index is 9.27. The van der Waals surface area contributed by atoms with Crippen LogP contribution in [0.4, 0.5) is 0 Å². The average molecular weight is 227 g/mol. The molecule has 2 aromatic rings. The molecule has 1 N–H and O–H groups in total. The summed E-state index contributed by atoms with van der Waals surface area (Å²) in [5.41, 5.74) is 1.98. The van der Waals surface area contributed by atoms with Crippen LogP contribution in [0.1, 0.15) is 18.1 Å². The topological polar surface area (TPSA) is 20.2 Å². The summed E-state index contributed by atoms with van der Waals surface area (Å²) in [4.78, 5) is 0. The van der Waals surface area contributed by atoms with E-state index in [1.165, 1.54) is 4.70 Å². The number of hydrogen-bond acceptors (Lipinski definition) is 2. The zero-order valence-electron chi connectivity index (χ0n) is 7.88. The van der Waals surface area contributed by atoms with Gasteiger partial charge in [-0.05, 0) is 34.9 Å². The minimum Gasteiger partial charge on any atom is -0.392 e. The number of aryl methyl sites for hydroxylation is 1. The maximum Gasteiger partial charge on any atom is 0.0702 e. The van der Waals surface area contributed by atoms with Crippen molar-refractivity contribution in [2.45, 2.75) is 20.0 Å². The Balaban J connectivity index is 2.80. The van der Waals surface area contributed by atoms with Crippen molar-refractivity contribution in [1.82, 2.24) is 0 Å². The predicted octanol–water partition coefficient (Wildman–Crippen LogP) is 3.61. The highest BCUT2D eigenvalue weighted by Crippen LogP contribution is 2.33. The number of benzene rings is 1. The van der Waals surface area contributed by atoms with Crippen LogP contribution in [0, 0.1) is 0 Å². The van der Waals surface area contributed by atoms with Crippen LogP contribution in [0.5, 0.6) is 0 Å². The van der Waals surface area contributed by atoms with E-state index in [0.29, 0.717) is 0 Å². The summed E-state index contributed by atoms with van der Waals surface area (Å²) >= 11 is 7.87. The van der Waals surface area contributed by atoms with E-state index in [9.17, 15) is 5.11 Å². The highest BCUT2D eigenvalue weighted by atomic mass is 35.5. The molecule has 0 aliphatic heterocycles. The molecule has 0 saturated carbocycles. The van der Waals surface area contributed by atoms with Crippen molar-refractivity contribution in [2.24, 2.45) is 0 Å². The molecule has 14 heavy (non-hydrogen) atoms. The van der Waals surface area contributed by atoms with Crippen molar-refractivity contribution in [3.63, 3.8) is 0 Å². The van der Waals surface area contributed by atoms with Crippen LogP contribution >= 0.6 is 22.9 Å². The Bertz CT molecular complexity index is 462. The molecule has 74 valence electrons. The van der Waals surface area contributed by atoms with Gasteiger partial charge in [-0.3, -0.25) is 0 Å². The fraction of sp³-hybridized carbons (Fsp3) is 0.273. The van der Waals surface area contributed by atoms with Crippen molar-refractivity contribution in [1.29, 1.82) is 0 Å². The molecule has 3 heteroatoms. The number of aliphatic hydroxyl groups excluding tert-OH is 1. The number of thiophene rings is 1. The molecule has 1 heterocycles. The molecular weight excluding hydrogens is 216 g/mol. The third-order valence-corrected chi connectivity index (χ3v) is 3.75. The summed E-state index contributed by atoms with van der Waals surface area (Å²) in [6, 6.07) is 4.12. The van der Waals surface area contributed by atoms with Crippen molar-refractivity contribution in [2.75, 3.05) is 0 Å². The molecule has 0 unspecified atom stereocenters. The molecule has 1 aromatic heterocycles. The van der Waals surface area contributed by atoms with Gasteiger partial charge < -0.3 is 5.11 Å². The van der Waals surface area contributed by atoms with E-state index >= 15 is 0 Å². The number of hydrogen-bond donors (Lipinski definition) is 1. The summed E-state index contributed by atoms with van der Waals surface area (Å²) in [7, 11) is 0. The Hall–Kier alpha value is -0.570. The van der Waals surface area contributed by atoms with Gasteiger partial charge in [0, 0.05) is 15.3 Å². The van der Waals surface area contributed by atoms with Crippen LogP contribution in [0.2, 0.25) is 5.02 Å². The Labute approximate surface area is 91.9 Å². The first-order chi connectivity index (χ1) is 6.77. The normalized spacial score (nSPS) is 11.1. The Kier molecular flexibility index (Phi) is 2.77. The van der Waals surface area contributed by atoms with Gasteiger partial charge in [0.2, 0.25) is 0 Å². The molecule has 0 spiro atoms. The molecule has 0 saturated heterocycles. The fourth-order valence-corrected chi connectivity index (χ4v) is 2.86. The minimum atomic E-state index is 0.0138. The van der Waals surface area contributed by atoms with Crippen LogP contribution in [0.15, 0.2) is 17.5 Å². The minimum absolute atomic E-state index is 0.0138. The summed E-state index contributed by atoms with van der Waals surface area (Å²) in [5.74, 6) is 0. The van der Waals surface area contributed by atoms with Gasteiger partial charge >= 0.3 is 0 Å². The van der Waals surface area contributed by atoms with E-state index in [1.54, 1.807) is 11.3 Å². The Morgan fingerprint density at radius 2 is 2.29 bits per heavy atom. The molecule has 1 aromatic carbocycles. The number of aliphatic hydroxyl groups is 1. The Morgan fingerprint density at radius 3 is 2.93 bits per heavy atom. The lowest BCUT2D eigenvalue weighted by molar-refractivity contribution is 0.283. The van der Waals surface area contributed by atoms with Gasteiger partial charge in [-0.15, -0.1) is 11.3 Å². The van der Waals surface area contributed by atoms with Crippen LogP contribution in [-0.2, 0) is 13.0 Å². The van der Waals surface area contributed by atoms with Crippen LogP contribution in [-0.4, -0.2) is 5.11 Å². The van der Waals surface area contributed by atoms with E-state index in [1.807, 2.05) is 11.4 Å². The van der Waals surface area contributed by atoms with Crippen molar-refractivity contribution in [3.8, 4) is 0 Å². The predicted molar refractivity (Wildman–Crippen MR) is 62.1 cm³/mol. The highest BCUT2D eigenvalue weighted by Gasteiger charge is 2.10. The third-order valence-electron chi connectivity index (χ3n) is 2.41. The molecule has 0 aliphatic carbocycles. The van der Waals surface area contributed by atoms with Crippen molar-refractivity contribution < 1.29 is 5.11 Å². The van der Waals surface area contributed by atoms with Crippen LogP contribution in [0.3, 0.4) is 0 Å². The molecule has 0 atom stereocenters. The molecule has 0 bridgehead atoms. The fourth-order valence-electron chi connectivity index (χ4n) is 1.63. The lowest BCUT2D eigenvalue weighted by Crippen LogP contribution is -1.91. The van der Waals surface area contributed by atoms with Crippen molar-refractivity contribution in [3.05, 3.63) is 33.7 Å². The number of fused-ring (bicyclic) bond motifs is 1. The van der Waals surface area contributed by atoms with Gasteiger partial charge in [0.25, 0.3) is 0 Å². The number of halogens is 1. The van der Waals surface area contributed by atoms with Gasteiger partial charge in [-0.25, -0.2) is 0 Å². The van der Waals surface area contributed by atoms with E-state index in [4.69, 9.17) is 11.6 Å². The van der Waals surface area contributed by atoms with E-state index < -0.39 is 0 Å². The van der Waals surface area contributed by atoms with Gasteiger partial charge in [-0.2, -0.15) is 0 Å². The van der Waals surface area contributed by atoms with E-state index in [-0.39, 0.29) is 6.61 Å². The molecule has 1 nitrogen and oxygen atoms in total. The van der Waals surface area contributed by atoms with Crippen LogP contribution in [0.25, 0.3) is 10.1 Å². The number of rotatable bonds is 2. The molecular formula is C11H11ClOS. The molecule has 2 rings (SSSR count). The summed E-state index contributed by atoms with van der Waals surface area (Å²) in [6.07, 6.45) is 0.902. The van der Waals surface area contributed by atoms with E-state index in [2.05, 4.69) is 13.0 Å². The first-order valence-electron chi connectivity index (χ1n) is 4.56. The van der Waals surface area contributed by atoms with Crippen molar-refractivity contribution >= 4 is 33.0 Å². The first-order valence-corrected chi connectivity index (χ1v) is 5.82. The SMILES string of the molecule is CCc1cc2sccc2c(CO)c1Cl. The van der Waals surface area contributed by atoms with E-state index in [0.717, 1.165) is 28.0 Å². The first kappa shape index (κ1) is 9.97. The standard InChI is InChI=1S/C11H11ClOS/c1-2-7-5-10-8(3-4-14-10)9(6-13)11(7)12/h3-5,13H,2,6H2,1H3. The van der Waals surface area contributed by atoms with Crippen LogP contribution < -0.4 is 0 Å². The summed E-state index contributed by atoms with van der Waals surface area (Å²) in [5, 5.41) is 13.1. The lowest BCUT2D eigenvalue weighted by atomic mass is 10.1. The molecule has 0 fully saturated rings. The van der Waals surface area contributed by atoms with Gasteiger partial charge in [0.05, 0.1) is 6.61 Å². The second-order valence-electron chi connectivity index (χ2n) is 3.17. The van der Waals surface area contributed by atoms with Gasteiger partial charge in [0.15, 0.2) is 0 Å². The zero-order chi connectivity index (χ0) is 10.1. The highest BCUT2D eigenvalue weighted by molar-refractivity contribution is 7.17. The third kappa shape index (κ3) is 1.44. The van der Waals surface area contributed by atoms with Gasteiger partial charge in [-0.1, -0.05) is 18.5 Å². The molecule has 0 aliphatic rings. The van der Waals surface area contributed by atoms with Gasteiger partial charge in [0.1, 0.15) is 0 Å². The molecule has 0 radical (unpaired) electrons. The second-order valence-corrected chi connectivity index (χ2v) is 4.50. The quantitative estimate of drug-likeness (QED) is 0.830. The zero-order valence-corrected chi connectivity index (χ0v) is 9.45. The lowest BCUT2D eigenvalue weighted by Gasteiger charge is -2.07. The summed E-state index contributed by atoms with van der Waals surface area (Å²) in [6.45, 7) is 2.09. The Morgan fingerprint density at radius 1 is 1.50 bits per heavy atom. The maximum atomic E-state index is 9.27. The second kappa shape index (κ2) is 3.89. The largest absolute Gasteiger partial charge is 0.392 e.